The highest BCUT2D eigenvalue weighted by Gasteiger charge is 2.28. The van der Waals surface area contributed by atoms with Gasteiger partial charge in [0.05, 0.1) is 0 Å². The lowest BCUT2D eigenvalue weighted by Crippen LogP contribution is -2.48. The van der Waals surface area contributed by atoms with Gasteiger partial charge in [-0.15, -0.1) is 0 Å². The second kappa shape index (κ2) is 8.76. The lowest BCUT2D eigenvalue weighted by atomic mass is 10.0. The molecule has 0 atom stereocenters. The third-order valence-corrected chi connectivity index (χ3v) is 5.03. The van der Waals surface area contributed by atoms with Gasteiger partial charge in [0.25, 0.3) is 5.91 Å². The number of piperidine rings is 1. The highest BCUT2D eigenvalue weighted by Crippen LogP contribution is 2.19. The number of nitrogens with zero attached hydrogens (tertiary/aromatic N) is 4. The van der Waals surface area contributed by atoms with Crippen LogP contribution >= 0.6 is 0 Å². The number of nitrogens with two attached hydrogens (primary N) is 1. The summed E-state index contributed by atoms with van der Waals surface area (Å²) in [6, 6.07) is 11.4. The van der Waals surface area contributed by atoms with Gasteiger partial charge in [0.2, 0.25) is 0 Å². The summed E-state index contributed by atoms with van der Waals surface area (Å²) < 4.78 is 0. The Kier molecular flexibility index (Phi) is 6.17. The second-order valence-corrected chi connectivity index (χ2v) is 6.68. The molecule has 1 aliphatic rings. The molecule has 1 fully saturated rings. The maximum absolute atomic E-state index is 13.1. The number of hydrogen-bond acceptors (Lipinski definition) is 5. The average molecular weight is 353 g/mol. The molecule has 1 saturated heterocycles. The van der Waals surface area contributed by atoms with E-state index < -0.39 is 0 Å². The fourth-order valence-electron chi connectivity index (χ4n) is 3.50. The molecule has 1 aliphatic heterocycles. The molecule has 0 radical (unpaired) electrons. The molecule has 0 aromatic carbocycles. The first-order chi connectivity index (χ1) is 12.7. The van der Waals surface area contributed by atoms with Crippen molar-refractivity contribution in [3.63, 3.8) is 0 Å². The highest BCUT2D eigenvalue weighted by molar-refractivity contribution is 5.92. The van der Waals surface area contributed by atoms with Crippen LogP contribution < -0.4 is 5.73 Å². The molecule has 2 N–H and O–H groups in total. The number of carbonyl (C=O) groups excluding carboxylic acids is 1. The van der Waals surface area contributed by atoms with Crippen molar-refractivity contribution >= 4 is 11.7 Å². The monoisotopic (exact) mass is 353 g/mol. The number of hydrogen-bond donors (Lipinski definition) is 1. The van der Waals surface area contributed by atoms with Crippen molar-refractivity contribution in [2.24, 2.45) is 0 Å². The summed E-state index contributed by atoms with van der Waals surface area (Å²) in [5.41, 5.74) is 7.20. The summed E-state index contributed by atoms with van der Waals surface area (Å²) in [6.45, 7) is 5.94. The van der Waals surface area contributed by atoms with Crippen LogP contribution in [0.4, 0.5) is 5.82 Å². The van der Waals surface area contributed by atoms with E-state index in [-0.39, 0.29) is 11.9 Å². The Morgan fingerprint density at radius 1 is 1.23 bits per heavy atom. The lowest BCUT2D eigenvalue weighted by Gasteiger charge is -2.38. The number of likely N-dealkylation sites (tertiary alicyclic amines) is 1. The molecule has 3 rings (SSSR count). The van der Waals surface area contributed by atoms with Gasteiger partial charge in [-0.1, -0.05) is 19.1 Å². The number of carbonyl (C=O) groups is 1. The Morgan fingerprint density at radius 3 is 2.69 bits per heavy atom. The third-order valence-electron chi connectivity index (χ3n) is 5.03. The van der Waals surface area contributed by atoms with Gasteiger partial charge in [-0.05, 0) is 43.7 Å². The van der Waals surface area contributed by atoms with E-state index in [1.165, 1.54) is 0 Å². The molecule has 6 nitrogen and oxygen atoms in total. The number of rotatable bonds is 6. The molecule has 1 amide bonds. The first-order valence-corrected chi connectivity index (χ1v) is 9.33. The van der Waals surface area contributed by atoms with E-state index in [4.69, 9.17) is 5.73 Å². The van der Waals surface area contributed by atoms with Crippen LogP contribution in [-0.2, 0) is 6.42 Å². The smallest absolute Gasteiger partial charge is 0.272 e. The normalized spacial score (nSPS) is 15.7. The molecule has 2 aromatic rings. The maximum atomic E-state index is 13.1. The summed E-state index contributed by atoms with van der Waals surface area (Å²) in [7, 11) is 0. The average Bonchev–Trinajstić information content (AvgIpc) is 2.69. The van der Waals surface area contributed by atoms with Crippen molar-refractivity contribution < 1.29 is 4.79 Å². The molecule has 2 aromatic heterocycles. The molecule has 3 heterocycles. The van der Waals surface area contributed by atoms with Crippen molar-refractivity contribution in [3.05, 3.63) is 54.0 Å². The molecule has 138 valence electrons. The molecule has 0 spiro atoms. The number of aromatic nitrogens is 2. The fourth-order valence-corrected chi connectivity index (χ4v) is 3.50. The van der Waals surface area contributed by atoms with Crippen molar-refractivity contribution in [2.45, 2.75) is 32.2 Å². The van der Waals surface area contributed by atoms with Crippen LogP contribution in [0.2, 0.25) is 0 Å². The second-order valence-electron chi connectivity index (χ2n) is 6.68. The van der Waals surface area contributed by atoms with Crippen molar-refractivity contribution in [3.8, 4) is 0 Å². The fraction of sp³-hybridized carbons (Fsp3) is 0.450. The minimum absolute atomic E-state index is 0.0387. The Balaban J connectivity index is 1.75. The number of nitrogen functional groups attached to an aromatic ring is 1. The predicted molar refractivity (Wildman–Crippen MR) is 103 cm³/mol. The SMILES string of the molecule is CCN1CCC(N(CCc2ccccn2)C(=O)c2cccc(N)n2)CC1. The molecule has 0 saturated carbocycles. The summed E-state index contributed by atoms with van der Waals surface area (Å²) in [5, 5.41) is 0. The molecule has 6 heteroatoms. The van der Waals surface area contributed by atoms with Gasteiger partial charge in [0, 0.05) is 44.0 Å². The molecule has 0 aliphatic carbocycles. The van der Waals surface area contributed by atoms with Crippen LogP contribution in [0.3, 0.4) is 0 Å². The van der Waals surface area contributed by atoms with Crippen LogP contribution in [0.25, 0.3) is 0 Å². The van der Waals surface area contributed by atoms with Crippen molar-refractivity contribution in [2.75, 3.05) is 31.9 Å². The van der Waals surface area contributed by atoms with E-state index in [9.17, 15) is 4.79 Å². The van der Waals surface area contributed by atoms with E-state index in [1.54, 1.807) is 24.4 Å². The molecular formula is C20H27N5O. The molecular weight excluding hydrogens is 326 g/mol. The standard InChI is InChI=1S/C20H27N5O/c1-2-24-13-10-17(11-14-24)25(15-9-16-6-3-4-12-22-16)20(26)18-7-5-8-19(21)23-18/h3-8,12,17H,2,9-11,13-15H2,1H3,(H2,21,23). The van der Waals surface area contributed by atoms with Crippen LogP contribution in [0.1, 0.15) is 35.9 Å². The highest BCUT2D eigenvalue weighted by atomic mass is 16.2. The predicted octanol–water partition coefficient (Wildman–Crippen LogP) is 2.23. The maximum Gasteiger partial charge on any atom is 0.272 e. The Bertz CT molecular complexity index is 713. The Morgan fingerprint density at radius 2 is 2.04 bits per heavy atom. The minimum atomic E-state index is -0.0387. The summed E-state index contributed by atoms with van der Waals surface area (Å²) in [6.07, 6.45) is 4.51. The molecule has 0 unspecified atom stereocenters. The Hall–Kier alpha value is -2.47. The zero-order valence-electron chi connectivity index (χ0n) is 15.3. The number of anilines is 1. The van der Waals surface area contributed by atoms with E-state index >= 15 is 0 Å². The van der Waals surface area contributed by atoms with Crippen LogP contribution in [0, 0.1) is 0 Å². The van der Waals surface area contributed by atoms with Crippen LogP contribution in [0.5, 0.6) is 0 Å². The zero-order chi connectivity index (χ0) is 18.4. The van der Waals surface area contributed by atoms with Gasteiger partial charge in [-0.2, -0.15) is 0 Å². The van der Waals surface area contributed by atoms with Crippen molar-refractivity contribution in [1.82, 2.24) is 19.8 Å². The summed E-state index contributed by atoms with van der Waals surface area (Å²) >= 11 is 0. The van der Waals surface area contributed by atoms with Gasteiger partial charge < -0.3 is 15.5 Å². The number of amides is 1. The van der Waals surface area contributed by atoms with Gasteiger partial charge in [-0.3, -0.25) is 9.78 Å². The van der Waals surface area contributed by atoms with E-state index in [2.05, 4.69) is 21.8 Å². The van der Waals surface area contributed by atoms with Gasteiger partial charge >= 0.3 is 0 Å². The van der Waals surface area contributed by atoms with Crippen LogP contribution in [0.15, 0.2) is 42.6 Å². The zero-order valence-corrected chi connectivity index (χ0v) is 15.3. The molecule has 0 bridgehead atoms. The number of pyridine rings is 2. The Labute approximate surface area is 155 Å². The van der Waals surface area contributed by atoms with Gasteiger partial charge in [0.15, 0.2) is 0 Å². The van der Waals surface area contributed by atoms with Gasteiger partial charge in [-0.25, -0.2) is 4.98 Å². The van der Waals surface area contributed by atoms with Crippen LogP contribution in [-0.4, -0.2) is 57.9 Å². The lowest BCUT2D eigenvalue weighted by molar-refractivity contribution is 0.0574. The topological polar surface area (TPSA) is 75.3 Å². The quantitative estimate of drug-likeness (QED) is 0.862. The van der Waals surface area contributed by atoms with E-state index in [0.717, 1.165) is 44.6 Å². The van der Waals surface area contributed by atoms with Crippen molar-refractivity contribution in [1.29, 1.82) is 0 Å². The molecule has 26 heavy (non-hydrogen) atoms. The largest absolute Gasteiger partial charge is 0.384 e. The first-order valence-electron chi connectivity index (χ1n) is 9.33. The summed E-state index contributed by atoms with van der Waals surface area (Å²) in [5.74, 6) is 0.338. The third kappa shape index (κ3) is 4.58. The van der Waals surface area contributed by atoms with Gasteiger partial charge in [0.1, 0.15) is 11.5 Å². The minimum Gasteiger partial charge on any atom is -0.384 e. The van der Waals surface area contributed by atoms with E-state index in [0.29, 0.717) is 18.1 Å². The first kappa shape index (κ1) is 18.3. The van der Waals surface area contributed by atoms with E-state index in [1.807, 2.05) is 23.1 Å². The summed E-state index contributed by atoms with van der Waals surface area (Å²) in [4.78, 5) is 26.2.